The predicted octanol–water partition coefficient (Wildman–Crippen LogP) is -1.80. The molecule has 4 atom stereocenters. The second-order valence-corrected chi connectivity index (χ2v) is 4.84. The highest BCUT2D eigenvalue weighted by Crippen LogP contribution is 2.36. The molecule has 0 aromatic carbocycles. The van der Waals surface area contributed by atoms with Gasteiger partial charge < -0.3 is 30.8 Å². The predicted molar refractivity (Wildman–Crippen MR) is 71.1 cm³/mol. The monoisotopic (exact) mass is 330 g/mol. The smallest absolute Gasteiger partial charge is 0.394 e. The van der Waals surface area contributed by atoms with Crippen molar-refractivity contribution in [2.45, 2.75) is 24.6 Å². The molecule has 0 unspecified atom stereocenters. The molecule has 0 saturated carbocycles. The number of nitrogens with two attached hydrogens (primary N) is 1. The van der Waals surface area contributed by atoms with E-state index in [0.717, 1.165) is 0 Å². The van der Waals surface area contributed by atoms with Crippen molar-refractivity contribution in [3.8, 4) is 0 Å². The summed E-state index contributed by atoms with van der Waals surface area (Å²) < 4.78 is 20.0. The number of H-pyrrole nitrogens is 1. The van der Waals surface area contributed by atoms with E-state index in [9.17, 15) is 24.4 Å². The number of ether oxygens (including phenoxy) is 1. The number of halogens is 1. The van der Waals surface area contributed by atoms with Gasteiger partial charge in [-0.15, -0.1) is 0 Å². The first-order chi connectivity index (χ1) is 10.8. The summed E-state index contributed by atoms with van der Waals surface area (Å²) >= 11 is 0. The number of nitro groups is 1. The number of fused-ring (bicyclic) bond motifs is 1. The van der Waals surface area contributed by atoms with E-state index in [1.54, 1.807) is 0 Å². The average molecular weight is 330 g/mol. The molecule has 1 aliphatic heterocycles. The Morgan fingerprint density at radius 2 is 2.22 bits per heavy atom. The maximum Gasteiger partial charge on any atom is 0.439 e. The minimum Gasteiger partial charge on any atom is -0.394 e. The normalized spacial score (nSPS) is 27.6. The van der Waals surface area contributed by atoms with Crippen molar-refractivity contribution in [2.75, 3.05) is 12.3 Å². The van der Waals surface area contributed by atoms with Gasteiger partial charge in [-0.25, -0.2) is 4.39 Å². The van der Waals surface area contributed by atoms with Crippen molar-refractivity contribution in [1.29, 1.82) is 0 Å². The highest BCUT2D eigenvalue weighted by Gasteiger charge is 2.49. The van der Waals surface area contributed by atoms with Crippen LogP contribution in [0.5, 0.6) is 0 Å². The number of nitrogen functional groups attached to an aromatic ring is 1. The van der Waals surface area contributed by atoms with Crippen molar-refractivity contribution in [3.05, 3.63) is 20.5 Å². The molecule has 3 rings (SSSR count). The summed E-state index contributed by atoms with van der Waals surface area (Å²) in [7, 11) is 0. The summed E-state index contributed by atoms with van der Waals surface area (Å²) in [6.45, 7) is -0.700. The number of anilines is 1. The van der Waals surface area contributed by atoms with Crippen LogP contribution < -0.4 is 11.3 Å². The molecule has 0 amide bonds. The Hall–Kier alpha value is -2.64. The Morgan fingerprint density at radius 1 is 1.52 bits per heavy atom. The van der Waals surface area contributed by atoms with Crippen LogP contribution in [0.25, 0.3) is 11.2 Å². The Morgan fingerprint density at radius 3 is 2.78 bits per heavy atom. The van der Waals surface area contributed by atoms with Crippen molar-refractivity contribution < 1.29 is 24.3 Å². The number of aromatic nitrogens is 4. The van der Waals surface area contributed by atoms with Gasteiger partial charge in [-0.3, -0.25) is 9.78 Å². The van der Waals surface area contributed by atoms with E-state index in [1.165, 1.54) is 0 Å². The first kappa shape index (κ1) is 15.3. The van der Waals surface area contributed by atoms with Crippen LogP contribution in [0.15, 0.2) is 4.79 Å². The second kappa shape index (κ2) is 5.22. The number of rotatable bonds is 3. The molecule has 3 heterocycles. The van der Waals surface area contributed by atoms with Crippen LogP contribution in [0.4, 0.5) is 16.3 Å². The maximum atomic E-state index is 14.3. The van der Waals surface area contributed by atoms with Crippen molar-refractivity contribution in [1.82, 2.24) is 19.5 Å². The molecule has 23 heavy (non-hydrogen) atoms. The summed E-state index contributed by atoms with van der Waals surface area (Å²) in [6, 6.07) is 0. The van der Waals surface area contributed by atoms with E-state index in [1.807, 2.05) is 0 Å². The third kappa shape index (κ3) is 2.21. The summed E-state index contributed by atoms with van der Waals surface area (Å²) in [5.41, 5.74) is 3.75. The van der Waals surface area contributed by atoms with Gasteiger partial charge in [0.2, 0.25) is 17.8 Å². The van der Waals surface area contributed by atoms with E-state index in [0.29, 0.717) is 4.57 Å². The van der Waals surface area contributed by atoms with Gasteiger partial charge in [0.1, 0.15) is 12.2 Å². The molecular weight excluding hydrogens is 319 g/mol. The van der Waals surface area contributed by atoms with Gasteiger partial charge in [-0.1, -0.05) is 4.98 Å². The van der Waals surface area contributed by atoms with Crippen LogP contribution in [-0.2, 0) is 4.74 Å². The standard InChI is InChI=1S/C10H11FN6O6/c11-3-5(19)2(1-18)23-8(3)16-6-4(13-10(16)17(21)22)7(20)15-9(12)14-6/h2-3,5,8,18-19H,1H2,(H3,12,14,15,20)/t2-,3-,5-,8-/m1/s1. The molecule has 2 aromatic heterocycles. The van der Waals surface area contributed by atoms with Crippen LogP contribution in [0.1, 0.15) is 6.23 Å². The lowest BCUT2D eigenvalue weighted by Gasteiger charge is -2.12. The van der Waals surface area contributed by atoms with Crippen molar-refractivity contribution in [2.24, 2.45) is 0 Å². The summed E-state index contributed by atoms with van der Waals surface area (Å²) in [5, 5.41) is 29.9. The van der Waals surface area contributed by atoms with Gasteiger partial charge in [-0.2, -0.15) is 9.55 Å². The lowest BCUT2D eigenvalue weighted by Crippen LogP contribution is -2.30. The molecule has 124 valence electrons. The fourth-order valence-electron chi connectivity index (χ4n) is 2.42. The van der Waals surface area contributed by atoms with Crippen LogP contribution in [-0.4, -0.2) is 59.6 Å². The molecule has 1 aliphatic rings. The second-order valence-electron chi connectivity index (χ2n) is 4.84. The first-order valence-corrected chi connectivity index (χ1v) is 6.35. The van der Waals surface area contributed by atoms with Gasteiger partial charge >= 0.3 is 5.95 Å². The zero-order valence-corrected chi connectivity index (χ0v) is 11.3. The molecule has 1 fully saturated rings. The van der Waals surface area contributed by atoms with Crippen LogP contribution >= 0.6 is 0 Å². The SMILES string of the molecule is Nc1nc2c(nc([N+](=O)[O-])n2[C@@H]2O[C@H](CO)[C@@H](O)[C@H]2F)c(=O)[nH]1. The van der Waals surface area contributed by atoms with E-state index >= 15 is 0 Å². The minimum atomic E-state index is -2.11. The number of nitrogens with one attached hydrogen (secondary N) is 1. The van der Waals surface area contributed by atoms with Crippen molar-refractivity contribution >= 4 is 23.1 Å². The molecule has 0 spiro atoms. The zero-order chi connectivity index (χ0) is 16.9. The number of aromatic amines is 1. The van der Waals surface area contributed by atoms with Gasteiger partial charge in [0.15, 0.2) is 6.17 Å². The quantitative estimate of drug-likeness (QED) is 0.372. The average Bonchev–Trinajstić information content (AvgIpc) is 2.99. The minimum absolute atomic E-state index is 0.355. The number of imidazole rings is 1. The van der Waals surface area contributed by atoms with Gasteiger partial charge in [0.05, 0.1) is 6.61 Å². The Kier molecular flexibility index (Phi) is 3.46. The lowest BCUT2D eigenvalue weighted by atomic mass is 10.1. The van der Waals surface area contributed by atoms with Crippen molar-refractivity contribution in [3.63, 3.8) is 0 Å². The van der Waals surface area contributed by atoms with E-state index in [4.69, 9.17) is 15.6 Å². The number of nitrogens with zero attached hydrogens (tertiary/aromatic N) is 4. The number of hydrogen-bond acceptors (Lipinski definition) is 9. The lowest BCUT2D eigenvalue weighted by molar-refractivity contribution is -0.398. The van der Waals surface area contributed by atoms with Gasteiger partial charge in [0, 0.05) is 0 Å². The fraction of sp³-hybridized carbons (Fsp3) is 0.500. The fourth-order valence-corrected chi connectivity index (χ4v) is 2.42. The van der Waals surface area contributed by atoms with Crippen LogP contribution in [0.3, 0.4) is 0 Å². The molecule has 0 aliphatic carbocycles. The molecular formula is C10H11FN6O6. The number of aliphatic hydroxyl groups is 2. The van der Waals surface area contributed by atoms with E-state index < -0.39 is 53.2 Å². The molecule has 2 aromatic rings. The summed E-state index contributed by atoms with van der Waals surface area (Å²) in [6.07, 6.45) is -6.79. The zero-order valence-electron chi connectivity index (χ0n) is 11.3. The van der Waals surface area contributed by atoms with E-state index in [2.05, 4.69) is 15.0 Å². The number of aliphatic hydroxyl groups excluding tert-OH is 2. The first-order valence-electron chi connectivity index (χ1n) is 6.35. The molecule has 13 heteroatoms. The Balaban J connectivity index is 2.25. The third-order valence-corrected chi connectivity index (χ3v) is 3.44. The highest BCUT2D eigenvalue weighted by atomic mass is 19.1. The van der Waals surface area contributed by atoms with Crippen LogP contribution in [0, 0.1) is 10.1 Å². The summed E-state index contributed by atoms with van der Waals surface area (Å²) in [4.78, 5) is 31.3. The molecule has 0 bridgehead atoms. The highest BCUT2D eigenvalue weighted by molar-refractivity contribution is 5.73. The van der Waals surface area contributed by atoms with E-state index in [-0.39, 0.29) is 11.6 Å². The molecule has 0 radical (unpaired) electrons. The van der Waals surface area contributed by atoms with Gasteiger partial charge in [0.25, 0.3) is 11.1 Å². The third-order valence-electron chi connectivity index (χ3n) is 3.44. The molecule has 5 N–H and O–H groups in total. The van der Waals surface area contributed by atoms with Gasteiger partial charge in [-0.05, 0) is 4.92 Å². The van der Waals surface area contributed by atoms with Crippen LogP contribution in [0.2, 0.25) is 0 Å². The number of hydrogen-bond donors (Lipinski definition) is 4. The molecule has 12 nitrogen and oxygen atoms in total. The Labute approximate surface area is 125 Å². The largest absolute Gasteiger partial charge is 0.439 e. The molecule has 1 saturated heterocycles. The summed E-state index contributed by atoms with van der Waals surface area (Å²) in [5.74, 6) is -1.26. The topological polar surface area (TPSA) is 182 Å². The number of alkyl halides is 1. The Bertz CT molecular complexity index is 835. The maximum absolute atomic E-state index is 14.3.